The lowest BCUT2D eigenvalue weighted by Gasteiger charge is -2.28. The van der Waals surface area contributed by atoms with E-state index in [1.54, 1.807) is 48.5 Å². The third-order valence-electron chi connectivity index (χ3n) is 6.72. The zero-order valence-corrected chi connectivity index (χ0v) is 23.6. The molecule has 0 saturated heterocycles. The Labute approximate surface area is 249 Å². The van der Waals surface area contributed by atoms with Gasteiger partial charge in [0.1, 0.15) is 36.2 Å². The highest BCUT2D eigenvalue weighted by molar-refractivity contribution is 6.02. The number of benzene rings is 3. The summed E-state index contributed by atoms with van der Waals surface area (Å²) in [7, 11) is 3.06. The molecule has 5 rings (SSSR count). The lowest BCUT2D eigenvalue weighted by Crippen LogP contribution is -2.41. The predicted molar refractivity (Wildman–Crippen MR) is 155 cm³/mol. The summed E-state index contributed by atoms with van der Waals surface area (Å²) >= 11 is 0. The van der Waals surface area contributed by atoms with Gasteiger partial charge >= 0.3 is 5.69 Å². The minimum atomic E-state index is -2.03. The van der Waals surface area contributed by atoms with Crippen molar-refractivity contribution < 1.29 is 28.2 Å². The van der Waals surface area contributed by atoms with Crippen molar-refractivity contribution in [2.24, 2.45) is 0 Å². The summed E-state index contributed by atoms with van der Waals surface area (Å²) in [5.74, 6) is -1.08. The number of carbonyl (C=O) groups excluding carboxylic acids is 1. The van der Waals surface area contributed by atoms with Crippen molar-refractivity contribution in [3.63, 3.8) is 0 Å². The second-order valence-electron chi connectivity index (χ2n) is 9.67. The number of aliphatic hydroxyl groups is 1. The molecule has 0 aliphatic heterocycles. The fourth-order valence-electron chi connectivity index (χ4n) is 4.56. The number of halogens is 2. The third-order valence-corrected chi connectivity index (χ3v) is 6.72. The SMILES string of the molecule is COc1ccc(/C=C/C(=O)Nc2ccc(-n3cnn(C[C@@](O)(Cn4cncn4)c4ccc(F)cc4F)c3=O)cc2)cc1OC. The van der Waals surface area contributed by atoms with Crippen molar-refractivity contribution in [1.29, 1.82) is 0 Å². The van der Waals surface area contributed by atoms with Crippen LogP contribution in [0.25, 0.3) is 11.8 Å². The topological polar surface area (TPSA) is 138 Å². The Morgan fingerprint density at radius 1 is 0.977 bits per heavy atom. The Kier molecular flexibility index (Phi) is 8.62. The van der Waals surface area contributed by atoms with E-state index < -0.39 is 29.5 Å². The highest BCUT2D eigenvalue weighted by atomic mass is 19.1. The van der Waals surface area contributed by atoms with Gasteiger partial charge in [-0.05, 0) is 54.1 Å². The van der Waals surface area contributed by atoms with Crippen LogP contribution in [0.1, 0.15) is 11.1 Å². The number of nitrogens with zero attached hydrogens (tertiary/aromatic N) is 6. The van der Waals surface area contributed by atoms with Crippen molar-refractivity contribution in [2.45, 2.75) is 18.7 Å². The summed E-state index contributed by atoms with van der Waals surface area (Å²) in [5.41, 5.74) is -1.26. The summed E-state index contributed by atoms with van der Waals surface area (Å²) < 4.78 is 42.3. The van der Waals surface area contributed by atoms with Gasteiger partial charge in [0, 0.05) is 23.4 Å². The lowest BCUT2D eigenvalue weighted by atomic mass is 9.93. The van der Waals surface area contributed by atoms with Crippen LogP contribution in [0.3, 0.4) is 0 Å². The maximum Gasteiger partial charge on any atom is 0.350 e. The van der Waals surface area contributed by atoms with Gasteiger partial charge in [-0.15, -0.1) is 0 Å². The third kappa shape index (κ3) is 6.55. The first-order valence-electron chi connectivity index (χ1n) is 13.2. The van der Waals surface area contributed by atoms with Gasteiger partial charge in [0.15, 0.2) is 11.5 Å². The van der Waals surface area contributed by atoms with Crippen molar-refractivity contribution in [1.82, 2.24) is 29.1 Å². The molecule has 226 valence electrons. The maximum absolute atomic E-state index is 14.8. The van der Waals surface area contributed by atoms with E-state index in [0.29, 0.717) is 28.9 Å². The average Bonchev–Trinajstić information content (AvgIpc) is 3.65. The number of carbonyl (C=O) groups is 1. The van der Waals surface area contributed by atoms with Crippen LogP contribution in [0.15, 0.2) is 90.5 Å². The Bertz CT molecular complexity index is 1850. The van der Waals surface area contributed by atoms with E-state index in [4.69, 9.17) is 9.47 Å². The molecule has 0 bridgehead atoms. The van der Waals surface area contributed by atoms with Gasteiger partial charge in [-0.1, -0.05) is 12.1 Å². The van der Waals surface area contributed by atoms with Crippen LogP contribution in [-0.4, -0.2) is 54.3 Å². The summed E-state index contributed by atoms with van der Waals surface area (Å²) in [6, 6.07) is 14.4. The molecule has 2 N–H and O–H groups in total. The first-order chi connectivity index (χ1) is 21.2. The molecular weight excluding hydrogens is 576 g/mol. The Morgan fingerprint density at radius 3 is 2.43 bits per heavy atom. The lowest BCUT2D eigenvalue weighted by molar-refractivity contribution is -0.111. The van der Waals surface area contributed by atoms with E-state index in [0.717, 1.165) is 22.4 Å². The zero-order chi connectivity index (χ0) is 31.3. The number of amides is 1. The van der Waals surface area contributed by atoms with Gasteiger partial charge in [-0.3, -0.25) is 4.79 Å². The van der Waals surface area contributed by atoms with Gasteiger partial charge in [0.25, 0.3) is 0 Å². The van der Waals surface area contributed by atoms with E-state index in [1.165, 1.54) is 48.5 Å². The highest BCUT2D eigenvalue weighted by Gasteiger charge is 2.35. The molecule has 2 heterocycles. The van der Waals surface area contributed by atoms with Crippen LogP contribution in [0.2, 0.25) is 0 Å². The molecule has 44 heavy (non-hydrogen) atoms. The molecule has 1 atom stereocenters. The van der Waals surface area contributed by atoms with Gasteiger partial charge in [-0.2, -0.15) is 10.2 Å². The average molecular weight is 604 g/mol. The zero-order valence-electron chi connectivity index (χ0n) is 23.6. The molecular formula is C30H27F2N7O5. The Balaban J connectivity index is 1.31. The molecule has 12 nitrogen and oxygen atoms in total. The molecule has 0 radical (unpaired) electrons. The van der Waals surface area contributed by atoms with Crippen LogP contribution in [0.5, 0.6) is 11.5 Å². The van der Waals surface area contributed by atoms with Crippen LogP contribution < -0.4 is 20.5 Å². The minimum absolute atomic E-state index is 0.240. The van der Waals surface area contributed by atoms with Crippen molar-refractivity contribution in [2.75, 3.05) is 19.5 Å². The molecule has 2 aromatic heterocycles. The van der Waals surface area contributed by atoms with Gasteiger partial charge < -0.3 is 19.9 Å². The molecule has 0 unspecified atom stereocenters. The molecule has 0 saturated carbocycles. The second kappa shape index (κ2) is 12.7. The van der Waals surface area contributed by atoms with Crippen molar-refractivity contribution in [3.05, 3.63) is 119 Å². The monoisotopic (exact) mass is 603 g/mol. The van der Waals surface area contributed by atoms with Crippen molar-refractivity contribution >= 4 is 17.7 Å². The second-order valence-corrected chi connectivity index (χ2v) is 9.67. The van der Waals surface area contributed by atoms with Gasteiger partial charge in [0.05, 0.1) is 33.0 Å². The number of hydrogen-bond acceptors (Lipinski definition) is 8. The number of ether oxygens (including phenoxy) is 2. The molecule has 0 spiro atoms. The van der Waals surface area contributed by atoms with E-state index >= 15 is 0 Å². The first-order valence-corrected chi connectivity index (χ1v) is 13.2. The van der Waals surface area contributed by atoms with E-state index in [2.05, 4.69) is 20.5 Å². The summed E-state index contributed by atoms with van der Waals surface area (Å²) in [6.45, 7) is -0.758. The van der Waals surface area contributed by atoms with Crippen LogP contribution in [0.4, 0.5) is 14.5 Å². The van der Waals surface area contributed by atoms with Crippen molar-refractivity contribution in [3.8, 4) is 17.2 Å². The standard InChI is InChI=1S/C30H27F2N7O5/c1-43-26-11-3-20(13-27(26)44-2)4-12-28(40)36-22-6-8-23(9-7-22)38-19-35-39(29(38)41)16-30(42,15-37-18-33-17-34-37)24-10-5-21(31)14-25(24)32/h3-14,17-19,42H,15-16H2,1-2H3,(H,36,40)/b12-4+/t30-/m0/s1. The molecule has 0 aliphatic carbocycles. The largest absolute Gasteiger partial charge is 0.493 e. The van der Waals surface area contributed by atoms with Gasteiger partial charge in [-0.25, -0.2) is 32.5 Å². The quantitative estimate of drug-likeness (QED) is 0.220. The summed E-state index contributed by atoms with van der Waals surface area (Å²) in [6.07, 6.45) is 6.80. The minimum Gasteiger partial charge on any atom is -0.493 e. The summed E-state index contributed by atoms with van der Waals surface area (Å²) in [5, 5.41) is 22.3. The normalized spacial score (nSPS) is 12.7. The van der Waals surface area contributed by atoms with E-state index in [9.17, 15) is 23.5 Å². The Morgan fingerprint density at radius 2 is 1.75 bits per heavy atom. The molecule has 0 aliphatic rings. The molecule has 3 aromatic carbocycles. The fourth-order valence-corrected chi connectivity index (χ4v) is 4.56. The summed E-state index contributed by atoms with van der Waals surface area (Å²) in [4.78, 5) is 29.6. The van der Waals surface area contributed by atoms with Crippen LogP contribution >= 0.6 is 0 Å². The van der Waals surface area contributed by atoms with Crippen LogP contribution in [0, 0.1) is 11.6 Å². The van der Waals surface area contributed by atoms with Gasteiger partial charge in [0.2, 0.25) is 5.91 Å². The molecule has 14 heteroatoms. The number of nitrogens with one attached hydrogen (secondary N) is 1. The molecule has 1 amide bonds. The fraction of sp³-hybridized carbons (Fsp3) is 0.167. The number of aromatic nitrogens is 6. The van der Waals surface area contributed by atoms with Crippen LogP contribution in [-0.2, 0) is 23.5 Å². The van der Waals surface area contributed by atoms with E-state index in [-0.39, 0.29) is 18.0 Å². The predicted octanol–water partition coefficient (Wildman–Crippen LogP) is 3.16. The molecule has 5 aromatic rings. The highest BCUT2D eigenvalue weighted by Crippen LogP contribution is 2.29. The van der Waals surface area contributed by atoms with E-state index in [1.807, 2.05) is 0 Å². The maximum atomic E-state index is 14.8. The first kappa shape index (κ1) is 29.8. The number of hydrogen-bond donors (Lipinski definition) is 2. The Hall–Kier alpha value is -5.63. The number of anilines is 1. The molecule has 0 fully saturated rings. The smallest absolute Gasteiger partial charge is 0.350 e. The number of methoxy groups -OCH3 is 2. The number of rotatable bonds is 11.